The highest BCUT2D eigenvalue weighted by atomic mass is 16.2. The number of amidine groups is 1. The van der Waals surface area contributed by atoms with Gasteiger partial charge in [-0.3, -0.25) is 4.79 Å². The first-order chi connectivity index (χ1) is 7.22. The maximum atomic E-state index is 10.8. The summed E-state index contributed by atoms with van der Waals surface area (Å²) in [5.41, 5.74) is 7.61. The van der Waals surface area contributed by atoms with Crippen LogP contribution < -0.4 is 11.2 Å². The van der Waals surface area contributed by atoms with Crippen LogP contribution in [0.4, 0.5) is 0 Å². The van der Waals surface area contributed by atoms with Crippen molar-refractivity contribution in [2.45, 2.75) is 13.0 Å². The van der Waals surface area contributed by atoms with Crippen molar-refractivity contribution in [2.75, 3.05) is 0 Å². The van der Waals surface area contributed by atoms with E-state index in [0.717, 1.165) is 0 Å². The first-order valence-electron chi connectivity index (χ1n) is 4.02. The lowest BCUT2D eigenvalue weighted by atomic mass is 10.5. The summed E-state index contributed by atoms with van der Waals surface area (Å²) < 4.78 is 1.45. The zero-order chi connectivity index (χ0) is 11.1. The lowest BCUT2D eigenvalue weighted by molar-refractivity contribution is -0.120. The number of carbonyl (C=O) groups excluding carboxylic acids is 1. The summed E-state index contributed by atoms with van der Waals surface area (Å²) in [6.45, 7) is 0.229. The third-order valence-corrected chi connectivity index (χ3v) is 1.35. The topological polar surface area (TPSA) is 122 Å². The number of carbonyl (C=O) groups is 1. The summed E-state index contributed by atoms with van der Waals surface area (Å²) in [4.78, 5) is 14.5. The Labute approximate surface area is 85.4 Å². The van der Waals surface area contributed by atoms with Gasteiger partial charge in [0.25, 0.3) is 5.91 Å². The molecule has 0 saturated carbocycles. The number of aromatic nitrogens is 3. The van der Waals surface area contributed by atoms with Gasteiger partial charge in [0.05, 0.1) is 6.07 Å². The van der Waals surface area contributed by atoms with E-state index in [1.54, 1.807) is 6.07 Å². The molecule has 78 valence electrons. The van der Waals surface area contributed by atoms with Gasteiger partial charge in [0, 0.05) is 0 Å². The number of amides is 1. The van der Waals surface area contributed by atoms with E-state index in [-0.39, 0.29) is 18.8 Å². The summed E-state index contributed by atoms with van der Waals surface area (Å²) in [5, 5.41) is 15.6. The molecule has 1 amide bonds. The van der Waals surface area contributed by atoms with Crippen LogP contribution in [0.15, 0.2) is 17.8 Å². The smallest absolute Gasteiger partial charge is 0.254 e. The number of hydrogen-bond acceptors (Lipinski definition) is 5. The second-order valence-electron chi connectivity index (χ2n) is 2.57. The molecule has 0 aromatic carbocycles. The van der Waals surface area contributed by atoms with E-state index >= 15 is 0 Å². The second-order valence-corrected chi connectivity index (χ2v) is 2.57. The highest BCUT2D eigenvalue weighted by Gasteiger charge is 1.99. The first kappa shape index (κ1) is 10.6. The van der Waals surface area contributed by atoms with E-state index in [9.17, 15) is 4.79 Å². The SMILES string of the molecule is N#CCC(=O)NN=C(N)Cn1cncn1. The molecule has 1 heterocycles. The Morgan fingerprint density at radius 1 is 1.73 bits per heavy atom. The predicted molar refractivity (Wildman–Crippen MR) is 50.0 cm³/mol. The molecule has 0 aliphatic rings. The van der Waals surface area contributed by atoms with Crippen LogP contribution in [-0.4, -0.2) is 26.5 Å². The fraction of sp³-hybridized carbons (Fsp3) is 0.286. The Bertz CT molecular complexity index is 388. The molecule has 0 aliphatic carbocycles. The molecule has 3 N–H and O–H groups in total. The van der Waals surface area contributed by atoms with Crippen LogP contribution in [0.5, 0.6) is 0 Å². The highest BCUT2D eigenvalue weighted by Crippen LogP contribution is 1.81. The van der Waals surface area contributed by atoms with Crippen LogP contribution in [0.1, 0.15) is 6.42 Å². The van der Waals surface area contributed by atoms with Gasteiger partial charge in [-0.15, -0.1) is 0 Å². The fourth-order valence-electron chi connectivity index (χ4n) is 0.761. The molecule has 1 rings (SSSR count). The molecule has 15 heavy (non-hydrogen) atoms. The van der Waals surface area contributed by atoms with Crippen molar-refractivity contribution < 1.29 is 4.79 Å². The minimum atomic E-state index is -0.501. The standard InChI is InChI=1S/C7H9N7O/c8-2-1-7(15)13-12-6(9)3-14-5-10-4-11-14/h4-5H,1,3H2,(H2,9,12)(H,13,15). The maximum Gasteiger partial charge on any atom is 0.254 e. The fourth-order valence-corrected chi connectivity index (χ4v) is 0.761. The molecule has 0 atom stereocenters. The Morgan fingerprint density at radius 3 is 3.13 bits per heavy atom. The van der Waals surface area contributed by atoms with E-state index in [4.69, 9.17) is 11.0 Å². The molecule has 0 unspecified atom stereocenters. The van der Waals surface area contributed by atoms with Gasteiger partial charge in [0.15, 0.2) is 0 Å². The molecular formula is C7H9N7O. The average molecular weight is 207 g/mol. The summed E-state index contributed by atoms with van der Waals surface area (Å²) in [5.74, 6) is -0.328. The van der Waals surface area contributed by atoms with Crippen molar-refractivity contribution >= 4 is 11.7 Å². The van der Waals surface area contributed by atoms with Crippen LogP contribution >= 0.6 is 0 Å². The van der Waals surface area contributed by atoms with Gasteiger partial charge >= 0.3 is 0 Å². The Morgan fingerprint density at radius 2 is 2.53 bits per heavy atom. The van der Waals surface area contributed by atoms with Crippen LogP contribution in [-0.2, 0) is 11.3 Å². The van der Waals surface area contributed by atoms with E-state index < -0.39 is 5.91 Å². The predicted octanol–water partition coefficient (Wildman–Crippen LogP) is -1.42. The number of hydrogen-bond donors (Lipinski definition) is 2. The molecular weight excluding hydrogens is 198 g/mol. The number of nitriles is 1. The highest BCUT2D eigenvalue weighted by molar-refractivity contribution is 5.83. The van der Waals surface area contributed by atoms with Crippen molar-refractivity contribution in [3.63, 3.8) is 0 Å². The Hall–Kier alpha value is -2.43. The molecule has 1 aromatic heterocycles. The van der Waals surface area contributed by atoms with Gasteiger partial charge in [0.1, 0.15) is 31.5 Å². The average Bonchev–Trinajstić information content (AvgIpc) is 2.68. The van der Waals surface area contributed by atoms with Crippen LogP contribution in [0.3, 0.4) is 0 Å². The van der Waals surface area contributed by atoms with Crippen LogP contribution in [0, 0.1) is 11.3 Å². The third kappa shape index (κ3) is 3.86. The number of rotatable bonds is 4. The van der Waals surface area contributed by atoms with Crippen molar-refractivity contribution in [3.05, 3.63) is 12.7 Å². The van der Waals surface area contributed by atoms with Gasteiger partial charge < -0.3 is 5.73 Å². The molecule has 0 spiro atoms. The summed E-state index contributed by atoms with van der Waals surface area (Å²) in [6.07, 6.45) is 2.58. The molecule has 0 saturated heterocycles. The third-order valence-electron chi connectivity index (χ3n) is 1.35. The van der Waals surface area contributed by atoms with E-state index in [1.165, 1.54) is 17.3 Å². The van der Waals surface area contributed by atoms with Gasteiger partial charge in [0.2, 0.25) is 0 Å². The van der Waals surface area contributed by atoms with Crippen LogP contribution in [0.25, 0.3) is 0 Å². The minimum absolute atomic E-state index is 0.173. The van der Waals surface area contributed by atoms with Gasteiger partial charge in [-0.1, -0.05) is 0 Å². The zero-order valence-corrected chi connectivity index (χ0v) is 7.79. The number of nitrogens with zero attached hydrogens (tertiary/aromatic N) is 5. The Kier molecular flexibility index (Phi) is 3.79. The van der Waals surface area contributed by atoms with E-state index in [0.29, 0.717) is 0 Å². The summed E-state index contributed by atoms with van der Waals surface area (Å²) in [6, 6.07) is 1.69. The van der Waals surface area contributed by atoms with Crippen molar-refractivity contribution in [1.82, 2.24) is 20.2 Å². The molecule has 0 fully saturated rings. The molecule has 0 aliphatic heterocycles. The Balaban J connectivity index is 2.40. The largest absolute Gasteiger partial charge is 0.384 e. The molecule has 0 bridgehead atoms. The quantitative estimate of drug-likeness (QED) is 0.356. The van der Waals surface area contributed by atoms with Gasteiger partial charge in [-0.2, -0.15) is 15.5 Å². The monoisotopic (exact) mass is 207 g/mol. The lowest BCUT2D eigenvalue weighted by Crippen LogP contribution is -2.26. The molecule has 1 aromatic rings. The second kappa shape index (κ2) is 5.33. The van der Waals surface area contributed by atoms with Gasteiger partial charge in [-0.05, 0) is 0 Å². The van der Waals surface area contributed by atoms with Crippen molar-refractivity contribution in [2.24, 2.45) is 10.8 Å². The first-order valence-corrected chi connectivity index (χ1v) is 4.02. The van der Waals surface area contributed by atoms with E-state index in [1.807, 2.05) is 0 Å². The van der Waals surface area contributed by atoms with Gasteiger partial charge in [-0.25, -0.2) is 15.1 Å². The molecule has 8 nitrogen and oxygen atoms in total. The van der Waals surface area contributed by atoms with Crippen molar-refractivity contribution in [1.29, 1.82) is 5.26 Å². The normalized spacial score (nSPS) is 10.7. The molecule has 8 heteroatoms. The zero-order valence-electron chi connectivity index (χ0n) is 7.79. The number of hydrazone groups is 1. The maximum absolute atomic E-state index is 10.8. The minimum Gasteiger partial charge on any atom is -0.384 e. The summed E-state index contributed by atoms with van der Waals surface area (Å²) in [7, 11) is 0. The number of nitrogens with one attached hydrogen (secondary N) is 1. The molecule has 0 radical (unpaired) electrons. The van der Waals surface area contributed by atoms with E-state index in [2.05, 4.69) is 20.6 Å². The number of nitrogens with two attached hydrogens (primary N) is 1. The van der Waals surface area contributed by atoms with Crippen molar-refractivity contribution in [3.8, 4) is 6.07 Å². The lowest BCUT2D eigenvalue weighted by Gasteiger charge is -2.00. The van der Waals surface area contributed by atoms with Crippen LogP contribution in [0.2, 0.25) is 0 Å². The summed E-state index contributed by atoms with van der Waals surface area (Å²) >= 11 is 0.